The number of fused-ring (bicyclic) bond motifs is 1. The molecule has 2 heterocycles. The van der Waals surface area contributed by atoms with E-state index >= 15 is 0 Å². The van der Waals surface area contributed by atoms with Crippen molar-refractivity contribution in [2.45, 2.75) is 23.2 Å². The Hall–Kier alpha value is -0.710. The van der Waals surface area contributed by atoms with Crippen LogP contribution in [0.1, 0.15) is 12.8 Å². The summed E-state index contributed by atoms with van der Waals surface area (Å²) in [7, 11) is 0. The maximum absolute atomic E-state index is 4.59. The molecule has 5 heteroatoms. The Morgan fingerprint density at radius 3 is 2.94 bits per heavy atom. The van der Waals surface area contributed by atoms with E-state index in [1.165, 1.54) is 12.8 Å². The number of H-pyrrole nitrogens is 1. The van der Waals surface area contributed by atoms with Crippen LogP contribution < -0.4 is 5.32 Å². The Labute approximate surface area is 111 Å². The number of nitrogens with zero attached hydrogens (tertiary/aromatic N) is 1. The van der Waals surface area contributed by atoms with Crippen LogP contribution in [-0.4, -0.2) is 28.3 Å². The molecule has 2 aromatic rings. The summed E-state index contributed by atoms with van der Waals surface area (Å²) in [5.41, 5.74) is 2.20. The molecular formula is C12H16ClN3S. The van der Waals surface area contributed by atoms with Gasteiger partial charge in [0.05, 0.1) is 11.0 Å². The number of thioether (sulfide) groups is 1. The maximum atomic E-state index is 4.59. The molecule has 0 aliphatic carbocycles. The van der Waals surface area contributed by atoms with Gasteiger partial charge in [-0.15, -0.1) is 12.4 Å². The van der Waals surface area contributed by atoms with Crippen molar-refractivity contribution in [1.82, 2.24) is 15.3 Å². The topological polar surface area (TPSA) is 40.7 Å². The van der Waals surface area contributed by atoms with Crippen LogP contribution in [0.3, 0.4) is 0 Å². The lowest BCUT2D eigenvalue weighted by Crippen LogP contribution is -2.31. The van der Waals surface area contributed by atoms with Crippen LogP contribution in [0.2, 0.25) is 0 Å². The summed E-state index contributed by atoms with van der Waals surface area (Å²) in [4.78, 5) is 7.95. The Morgan fingerprint density at radius 2 is 2.18 bits per heavy atom. The fourth-order valence-electron chi connectivity index (χ4n) is 2.06. The fraction of sp³-hybridized carbons (Fsp3) is 0.417. The Morgan fingerprint density at radius 1 is 1.29 bits per heavy atom. The SMILES string of the molecule is Cl.c1ccc2[nH]c(SC3CCCNC3)nc2c1. The van der Waals surface area contributed by atoms with Crippen LogP contribution in [0.5, 0.6) is 0 Å². The van der Waals surface area contributed by atoms with Crippen molar-refractivity contribution in [3.05, 3.63) is 24.3 Å². The fourth-order valence-corrected chi connectivity index (χ4v) is 3.18. The van der Waals surface area contributed by atoms with E-state index in [2.05, 4.69) is 27.4 Å². The van der Waals surface area contributed by atoms with E-state index in [0.717, 1.165) is 29.3 Å². The first-order valence-corrected chi connectivity index (χ1v) is 6.62. The molecule has 1 aromatic carbocycles. The van der Waals surface area contributed by atoms with E-state index in [4.69, 9.17) is 0 Å². The number of halogens is 1. The van der Waals surface area contributed by atoms with Gasteiger partial charge in [0, 0.05) is 11.8 Å². The molecule has 0 amide bonds. The largest absolute Gasteiger partial charge is 0.333 e. The molecule has 1 atom stereocenters. The van der Waals surface area contributed by atoms with E-state index in [9.17, 15) is 0 Å². The lowest BCUT2D eigenvalue weighted by atomic mass is 10.2. The molecule has 1 aliphatic rings. The molecule has 3 nitrogen and oxygen atoms in total. The number of piperidine rings is 1. The monoisotopic (exact) mass is 269 g/mol. The van der Waals surface area contributed by atoms with E-state index in [-0.39, 0.29) is 12.4 Å². The molecule has 0 saturated carbocycles. The number of para-hydroxylation sites is 2. The molecule has 0 bridgehead atoms. The number of aromatic amines is 1. The van der Waals surface area contributed by atoms with Gasteiger partial charge in [0.2, 0.25) is 0 Å². The highest BCUT2D eigenvalue weighted by molar-refractivity contribution is 7.99. The Kier molecular flexibility index (Phi) is 4.31. The highest BCUT2D eigenvalue weighted by Gasteiger charge is 2.15. The molecule has 1 aromatic heterocycles. The van der Waals surface area contributed by atoms with Gasteiger partial charge in [-0.25, -0.2) is 4.98 Å². The van der Waals surface area contributed by atoms with Crippen molar-refractivity contribution in [1.29, 1.82) is 0 Å². The van der Waals surface area contributed by atoms with E-state index in [1.807, 2.05) is 23.9 Å². The van der Waals surface area contributed by atoms with Gasteiger partial charge in [0.1, 0.15) is 0 Å². The highest BCUT2D eigenvalue weighted by Crippen LogP contribution is 2.26. The second-order valence-corrected chi connectivity index (χ2v) is 5.43. The standard InChI is InChI=1S/C12H15N3S.ClH/c1-2-6-11-10(5-1)14-12(15-11)16-9-4-3-7-13-8-9;/h1-2,5-6,9,13H,3-4,7-8H2,(H,14,15);1H. The molecule has 92 valence electrons. The van der Waals surface area contributed by atoms with Crippen LogP contribution in [-0.2, 0) is 0 Å². The molecule has 1 saturated heterocycles. The first-order valence-electron chi connectivity index (χ1n) is 5.74. The van der Waals surface area contributed by atoms with E-state index in [1.54, 1.807) is 0 Å². The summed E-state index contributed by atoms with van der Waals surface area (Å²) >= 11 is 1.86. The Bertz CT molecular complexity index is 446. The second-order valence-electron chi connectivity index (χ2n) is 4.15. The van der Waals surface area contributed by atoms with Crippen molar-refractivity contribution in [2.24, 2.45) is 0 Å². The molecule has 2 N–H and O–H groups in total. The normalized spacial score (nSPS) is 20.1. The van der Waals surface area contributed by atoms with Crippen LogP contribution in [0.15, 0.2) is 29.4 Å². The lowest BCUT2D eigenvalue weighted by Gasteiger charge is -2.20. The molecule has 17 heavy (non-hydrogen) atoms. The predicted molar refractivity (Wildman–Crippen MR) is 75.1 cm³/mol. The minimum absolute atomic E-state index is 0. The zero-order valence-corrected chi connectivity index (χ0v) is 11.1. The van der Waals surface area contributed by atoms with Gasteiger partial charge in [0.15, 0.2) is 5.16 Å². The average molecular weight is 270 g/mol. The van der Waals surface area contributed by atoms with Gasteiger partial charge in [-0.1, -0.05) is 23.9 Å². The molecule has 3 rings (SSSR count). The summed E-state index contributed by atoms with van der Waals surface area (Å²) in [5, 5.41) is 5.14. The first kappa shape index (κ1) is 12.7. The number of imidazole rings is 1. The summed E-state index contributed by atoms with van der Waals surface area (Å²) in [6.45, 7) is 2.26. The van der Waals surface area contributed by atoms with Crippen molar-refractivity contribution in [3.63, 3.8) is 0 Å². The van der Waals surface area contributed by atoms with Gasteiger partial charge < -0.3 is 10.3 Å². The highest BCUT2D eigenvalue weighted by atomic mass is 35.5. The number of hydrogen-bond donors (Lipinski definition) is 2. The molecule has 0 radical (unpaired) electrons. The van der Waals surface area contributed by atoms with E-state index < -0.39 is 0 Å². The van der Waals surface area contributed by atoms with Crippen molar-refractivity contribution in [3.8, 4) is 0 Å². The lowest BCUT2D eigenvalue weighted by molar-refractivity contribution is 0.531. The Balaban J connectivity index is 0.00000108. The minimum atomic E-state index is 0. The molecule has 1 unspecified atom stereocenters. The smallest absolute Gasteiger partial charge is 0.166 e. The molecular weight excluding hydrogens is 254 g/mol. The molecule has 1 aliphatic heterocycles. The molecule has 1 fully saturated rings. The van der Waals surface area contributed by atoms with Gasteiger partial charge >= 0.3 is 0 Å². The summed E-state index contributed by atoms with van der Waals surface area (Å²) in [5.74, 6) is 0. The summed E-state index contributed by atoms with van der Waals surface area (Å²) < 4.78 is 0. The zero-order chi connectivity index (χ0) is 10.8. The third-order valence-electron chi connectivity index (χ3n) is 2.90. The van der Waals surface area contributed by atoms with Crippen LogP contribution in [0.4, 0.5) is 0 Å². The number of nitrogens with one attached hydrogen (secondary N) is 2. The van der Waals surface area contributed by atoms with Gasteiger partial charge in [-0.05, 0) is 31.5 Å². The second kappa shape index (κ2) is 5.76. The number of benzene rings is 1. The quantitative estimate of drug-likeness (QED) is 0.881. The summed E-state index contributed by atoms with van der Waals surface area (Å²) in [6, 6.07) is 8.19. The van der Waals surface area contributed by atoms with Crippen molar-refractivity contribution in [2.75, 3.05) is 13.1 Å². The van der Waals surface area contributed by atoms with Gasteiger partial charge in [-0.2, -0.15) is 0 Å². The van der Waals surface area contributed by atoms with Crippen molar-refractivity contribution >= 4 is 35.2 Å². The number of hydrogen-bond acceptors (Lipinski definition) is 3. The average Bonchev–Trinajstić information content (AvgIpc) is 2.72. The van der Waals surface area contributed by atoms with Crippen molar-refractivity contribution < 1.29 is 0 Å². The van der Waals surface area contributed by atoms with Gasteiger partial charge in [0.25, 0.3) is 0 Å². The first-order chi connectivity index (χ1) is 7.92. The van der Waals surface area contributed by atoms with Gasteiger partial charge in [-0.3, -0.25) is 0 Å². The zero-order valence-electron chi connectivity index (χ0n) is 9.48. The third-order valence-corrected chi connectivity index (χ3v) is 4.05. The van der Waals surface area contributed by atoms with Crippen LogP contribution in [0.25, 0.3) is 11.0 Å². The predicted octanol–water partition coefficient (Wildman–Crippen LogP) is 2.83. The van der Waals surface area contributed by atoms with Crippen LogP contribution in [0, 0.1) is 0 Å². The molecule has 0 spiro atoms. The number of aromatic nitrogens is 2. The van der Waals surface area contributed by atoms with Crippen LogP contribution >= 0.6 is 24.2 Å². The summed E-state index contributed by atoms with van der Waals surface area (Å²) in [6.07, 6.45) is 2.56. The maximum Gasteiger partial charge on any atom is 0.166 e. The third kappa shape index (κ3) is 2.94. The van der Waals surface area contributed by atoms with E-state index in [0.29, 0.717) is 5.25 Å². The minimum Gasteiger partial charge on any atom is -0.333 e. The number of rotatable bonds is 2.